The van der Waals surface area contributed by atoms with Crippen molar-refractivity contribution >= 4 is 5.69 Å². The maximum atomic E-state index is 12.1. The molecule has 1 rings (SSSR count). The number of nitrogens with one attached hydrogen (secondary N) is 1. The number of benzene rings is 1. The lowest BCUT2D eigenvalue weighted by Gasteiger charge is -2.18. The third-order valence-corrected chi connectivity index (χ3v) is 1.96. The van der Waals surface area contributed by atoms with Gasteiger partial charge >= 0.3 is 6.18 Å². The molecule has 0 aliphatic heterocycles. The molecule has 0 amide bonds. The highest BCUT2D eigenvalue weighted by molar-refractivity contribution is 5.54. The molecule has 7 heteroatoms. The average molecular weight is 251 g/mol. The number of ether oxygens (including phenoxy) is 2. The number of anilines is 1. The van der Waals surface area contributed by atoms with Crippen molar-refractivity contribution in [2.45, 2.75) is 12.4 Å². The van der Waals surface area contributed by atoms with Crippen molar-refractivity contribution in [3.63, 3.8) is 0 Å². The summed E-state index contributed by atoms with van der Waals surface area (Å²) in [6.07, 6.45) is -7.38. The summed E-state index contributed by atoms with van der Waals surface area (Å²) in [4.78, 5) is 0. The molecule has 0 saturated carbocycles. The molecule has 0 bridgehead atoms. The molecule has 0 saturated heterocycles. The van der Waals surface area contributed by atoms with E-state index in [2.05, 4.69) is 0 Å². The van der Waals surface area contributed by atoms with Crippen LogP contribution in [0.15, 0.2) is 18.2 Å². The minimum atomic E-state index is -4.74. The fourth-order valence-corrected chi connectivity index (χ4v) is 1.13. The van der Waals surface area contributed by atoms with Gasteiger partial charge in [0.05, 0.1) is 14.2 Å². The largest absolute Gasteiger partial charge is 0.497 e. The second kappa shape index (κ2) is 5.13. The highest BCUT2D eigenvalue weighted by atomic mass is 19.4. The fourth-order valence-electron chi connectivity index (χ4n) is 1.13. The molecule has 0 aliphatic rings. The first-order valence-electron chi connectivity index (χ1n) is 4.61. The molecule has 0 radical (unpaired) electrons. The molecule has 2 N–H and O–H groups in total. The predicted octanol–water partition coefficient (Wildman–Crippen LogP) is 2.00. The average Bonchev–Trinajstić information content (AvgIpc) is 2.27. The van der Waals surface area contributed by atoms with Gasteiger partial charge in [-0.2, -0.15) is 13.2 Å². The zero-order valence-electron chi connectivity index (χ0n) is 9.21. The van der Waals surface area contributed by atoms with Gasteiger partial charge in [0.25, 0.3) is 0 Å². The lowest BCUT2D eigenvalue weighted by atomic mass is 10.2. The first-order valence-corrected chi connectivity index (χ1v) is 4.61. The summed E-state index contributed by atoms with van der Waals surface area (Å²) in [5.41, 5.74) is 0.0472. The van der Waals surface area contributed by atoms with Crippen molar-refractivity contribution in [3.8, 4) is 11.5 Å². The van der Waals surface area contributed by atoms with Crippen molar-refractivity contribution in [2.24, 2.45) is 0 Å². The van der Waals surface area contributed by atoms with E-state index in [0.29, 0.717) is 11.5 Å². The van der Waals surface area contributed by atoms with Crippen LogP contribution in [-0.4, -0.2) is 31.7 Å². The first kappa shape index (κ1) is 13.4. The van der Waals surface area contributed by atoms with Crippen molar-refractivity contribution in [2.75, 3.05) is 19.5 Å². The molecule has 1 aromatic carbocycles. The van der Waals surface area contributed by atoms with Crippen LogP contribution in [0.5, 0.6) is 11.5 Å². The summed E-state index contributed by atoms with van der Waals surface area (Å²) in [5.74, 6) is 0.641. The molecule has 0 aromatic heterocycles. The molecule has 4 nitrogen and oxygen atoms in total. The van der Waals surface area contributed by atoms with Gasteiger partial charge in [0, 0.05) is 23.9 Å². The van der Waals surface area contributed by atoms with Gasteiger partial charge < -0.3 is 19.9 Å². The molecular formula is C10H12F3NO3. The summed E-state index contributed by atoms with van der Waals surface area (Å²) < 4.78 is 46.1. The second-order valence-corrected chi connectivity index (χ2v) is 3.19. The molecule has 1 unspecified atom stereocenters. The van der Waals surface area contributed by atoms with Gasteiger partial charge in [-0.15, -0.1) is 0 Å². The van der Waals surface area contributed by atoms with Crippen LogP contribution in [-0.2, 0) is 0 Å². The smallest absolute Gasteiger partial charge is 0.433 e. The van der Waals surface area contributed by atoms with E-state index in [1.165, 1.54) is 32.4 Å². The monoisotopic (exact) mass is 251 g/mol. The number of hydrogen-bond donors (Lipinski definition) is 2. The SMILES string of the molecule is COc1cc(NC(O)C(F)(F)F)cc(OC)c1. The molecule has 1 aromatic rings. The van der Waals surface area contributed by atoms with Gasteiger partial charge in [-0.3, -0.25) is 0 Å². The van der Waals surface area contributed by atoms with E-state index in [4.69, 9.17) is 14.6 Å². The number of halogens is 3. The Labute approximate surface area is 96.0 Å². The van der Waals surface area contributed by atoms with Crippen LogP contribution in [0.3, 0.4) is 0 Å². The Bertz CT molecular complexity index is 359. The third kappa shape index (κ3) is 3.70. The van der Waals surface area contributed by atoms with E-state index in [0.717, 1.165) is 0 Å². The van der Waals surface area contributed by atoms with Gasteiger partial charge in [0.1, 0.15) is 11.5 Å². The number of aliphatic hydroxyl groups excluding tert-OH is 1. The van der Waals surface area contributed by atoms with E-state index in [9.17, 15) is 13.2 Å². The number of alkyl halides is 3. The topological polar surface area (TPSA) is 50.7 Å². The number of methoxy groups -OCH3 is 2. The van der Waals surface area contributed by atoms with Crippen LogP contribution >= 0.6 is 0 Å². The highest BCUT2D eigenvalue weighted by Gasteiger charge is 2.38. The Morgan fingerprint density at radius 3 is 1.94 bits per heavy atom. The number of aliphatic hydroxyl groups is 1. The molecule has 0 fully saturated rings. The van der Waals surface area contributed by atoms with Gasteiger partial charge in [-0.1, -0.05) is 0 Å². The molecule has 0 heterocycles. The Morgan fingerprint density at radius 2 is 1.59 bits per heavy atom. The summed E-state index contributed by atoms with van der Waals surface area (Å²) in [5, 5.41) is 10.8. The maximum absolute atomic E-state index is 12.1. The standard InChI is InChI=1S/C10H12F3NO3/c1-16-7-3-6(4-8(5-7)17-2)14-9(15)10(11,12)13/h3-5,9,14-15H,1-2H3. The van der Waals surface area contributed by atoms with Crippen LogP contribution < -0.4 is 14.8 Å². The van der Waals surface area contributed by atoms with Crippen LogP contribution in [0.25, 0.3) is 0 Å². The minimum absolute atomic E-state index is 0.0472. The first-order chi connectivity index (χ1) is 7.86. The molecule has 0 aliphatic carbocycles. The molecule has 0 spiro atoms. The van der Waals surface area contributed by atoms with E-state index in [1.54, 1.807) is 0 Å². The van der Waals surface area contributed by atoms with E-state index < -0.39 is 12.4 Å². The van der Waals surface area contributed by atoms with Crippen molar-refractivity contribution in [1.29, 1.82) is 0 Å². The molecular weight excluding hydrogens is 239 g/mol. The Hall–Kier alpha value is -1.63. The fraction of sp³-hybridized carbons (Fsp3) is 0.400. The maximum Gasteiger partial charge on any atom is 0.433 e. The third-order valence-electron chi connectivity index (χ3n) is 1.96. The van der Waals surface area contributed by atoms with E-state index in [1.807, 2.05) is 5.32 Å². The van der Waals surface area contributed by atoms with Crippen molar-refractivity contribution in [3.05, 3.63) is 18.2 Å². The Balaban J connectivity index is 2.90. The zero-order valence-corrected chi connectivity index (χ0v) is 9.21. The summed E-state index contributed by atoms with van der Waals surface area (Å²) in [7, 11) is 2.75. The number of rotatable bonds is 4. The van der Waals surface area contributed by atoms with Crippen LogP contribution in [0.4, 0.5) is 18.9 Å². The lowest BCUT2D eigenvalue weighted by Crippen LogP contribution is -2.35. The summed E-state index contributed by atoms with van der Waals surface area (Å²) in [6.45, 7) is 0. The Kier molecular flexibility index (Phi) is 4.06. The molecule has 17 heavy (non-hydrogen) atoms. The molecule has 1 atom stereocenters. The zero-order chi connectivity index (χ0) is 13.1. The van der Waals surface area contributed by atoms with E-state index >= 15 is 0 Å². The van der Waals surface area contributed by atoms with E-state index in [-0.39, 0.29) is 5.69 Å². The van der Waals surface area contributed by atoms with Gasteiger partial charge in [-0.25, -0.2) is 0 Å². The van der Waals surface area contributed by atoms with Crippen molar-refractivity contribution < 1.29 is 27.8 Å². The van der Waals surface area contributed by atoms with Crippen LogP contribution in [0.2, 0.25) is 0 Å². The molecule has 96 valence electrons. The van der Waals surface area contributed by atoms with Crippen LogP contribution in [0, 0.1) is 0 Å². The Morgan fingerprint density at radius 1 is 1.12 bits per heavy atom. The number of hydrogen-bond acceptors (Lipinski definition) is 4. The van der Waals surface area contributed by atoms with Gasteiger partial charge in [0.2, 0.25) is 6.23 Å². The summed E-state index contributed by atoms with van der Waals surface area (Å²) in [6, 6.07) is 4.14. The van der Waals surface area contributed by atoms with Gasteiger partial charge in [-0.05, 0) is 0 Å². The quantitative estimate of drug-likeness (QED) is 0.803. The lowest BCUT2D eigenvalue weighted by molar-refractivity contribution is -0.194. The highest BCUT2D eigenvalue weighted by Crippen LogP contribution is 2.28. The second-order valence-electron chi connectivity index (χ2n) is 3.19. The van der Waals surface area contributed by atoms with Crippen molar-refractivity contribution in [1.82, 2.24) is 0 Å². The van der Waals surface area contributed by atoms with Crippen LogP contribution in [0.1, 0.15) is 0 Å². The summed E-state index contributed by atoms with van der Waals surface area (Å²) >= 11 is 0. The minimum Gasteiger partial charge on any atom is -0.497 e. The predicted molar refractivity (Wildman–Crippen MR) is 55.2 cm³/mol. The van der Waals surface area contributed by atoms with Gasteiger partial charge in [0.15, 0.2) is 0 Å². The normalized spacial score (nSPS) is 13.1.